The van der Waals surface area contributed by atoms with Crippen molar-refractivity contribution < 1.29 is 28.9 Å². The number of benzene rings is 7. The Labute approximate surface area is 374 Å². The summed E-state index contributed by atoms with van der Waals surface area (Å²) >= 11 is 0. The fraction of sp³-hybridized carbons (Fsp3) is 0.109. The smallest absolute Gasteiger partial charge is 0.227 e. The maximum absolute atomic E-state index is 6.71. The molecule has 0 bridgehead atoms. The van der Waals surface area contributed by atoms with E-state index in [1.165, 1.54) is 27.9 Å². The number of hydrogen-bond acceptors (Lipinski definition) is 5. The van der Waals surface area contributed by atoms with E-state index >= 15 is 0 Å². The van der Waals surface area contributed by atoms with Crippen molar-refractivity contribution in [3.05, 3.63) is 193 Å². The number of oxazole rings is 1. The zero-order valence-corrected chi connectivity index (χ0v) is 37.2. The molecule has 11 rings (SSSR count). The second-order valence-electron chi connectivity index (χ2n) is 15.8. The van der Waals surface area contributed by atoms with E-state index in [0.29, 0.717) is 5.89 Å². The van der Waals surface area contributed by atoms with Crippen LogP contribution in [0.3, 0.4) is 0 Å². The number of fused-ring (bicyclic) bond motifs is 5. The van der Waals surface area contributed by atoms with Crippen LogP contribution in [0.2, 0.25) is 0 Å². The maximum atomic E-state index is 6.71. The molecule has 0 saturated carbocycles. The third-order valence-electron chi connectivity index (χ3n) is 11.1. The molecule has 305 valence electrons. The minimum absolute atomic E-state index is 0. The van der Waals surface area contributed by atoms with Gasteiger partial charge < -0.3 is 18.4 Å². The number of rotatable bonds is 7. The number of pyridine rings is 1. The van der Waals surface area contributed by atoms with E-state index in [0.717, 1.165) is 72.3 Å². The molecule has 4 heterocycles. The van der Waals surface area contributed by atoms with Crippen molar-refractivity contribution in [2.45, 2.75) is 39.5 Å². The second kappa shape index (κ2) is 17.2. The molecule has 0 atom stereocenters. The summed E-state index contributed by atoms with van der Waals surface area (Å²) in [5.41, 5.74) is 14.8. The number of nitrogens with zero attached hydrogens (tertiary/aromatic N) is 4. The Morgan fingerprint density at radius 2 is 1.24 bits per heavy atom. The number of hydrogen-bond donors (Lipinski definition) is 0. The fourth-order valence-electron chi connectivity index (χ4n) is 8.14. The zero-order valence-electron chi connectivity index (χ0n) is 34.8. The van der Waals surface area contributed by atoms with Crippen LogP contribution in [-0.2, 0) is 20.1 Å². The third kappa shape index (κ3) is 7.55. The fourth-order valence-corrected chi connectivity index (χ4v) is 8.14. The zero-order chi connectivity index (χ0) is 41.5. The van der Waals surface area contributed by atoms with E-state index in [1.807, 2.05) is 97.1 Å². The Morgan fingerprint density at radius 1 is 0.548 bits per heavy atom. The van der Waals surface area contributed by atoms with Crippen LogP contribution in [-0.4, -0.2) is 19.5 Å². The Kier molecular flexibility index (Phi) is 11.2. The Bertz CT molecular complexity index is 3230. The molecule has 0 saturated heterocycles. The van der Waals surface area contributed by atoms with Crippen LogP contribution in [0.15, 0.2) is 179 Å². The van der Waals surface area contributed by atoms with Gasteiger partial charge in [0.2, 0.25) is 5.89 Å². The monoisotopic (exact) mass is 983 g/mol. The second-order valence-corrected chi connectivity index (χ2v) is 15.8. The van der Waals surface area contributed by atoms with Crippen LogP contribution < -0.4 is 0 Å². The number of aromatic nitrogens is 4. The van der Waals surface area contributed by atoms with E-state index in [9.17, 15) is 0 Å². The van der Waals surface area contributed by atoms with Crippen LogP contribution in [0.4, 0.5) is 0 Å². The topological polar surface area (TPSA) is 69.9 Å². The number of para-hydroxylation sites is 2. The molecule has 0 fully saturated rings. The van der Waals surface area contributed by atoms with Gasteiger partial charge in [-0.1, -0.05) is 111 Å². The van der Waals surface area contributed by atoms with Crippen LogP contribution in [0.25, 0.3) is 95.0 Å². The van der Waals surface area contributed by atoms with Gasteiger partial charge in [-0.15, -0.1) is 54.1 Å². The van der Waals surface area contributed by atoms with E-state index in [4.69, 9.17) is 18.8 Å². The van der Waals surface area contributed by atoms with Crippen molar-refractivity contribution in [3.63, 3.8) is 0 Å². The molecular weight excluding hydrogens is 941 g/mol. The van der Waals surface area contributed by atoms with Crippen molar-refractivity contribution in [1.82, 2.24) is 19.5 Å². The Hall–Kier alpha value is -6.92. The normalized spacial score (nSPS) is 11.4. The molecule has 0 unspecified atom stereocenters. The average molecular weight is 983 g/mol. The SMILES string of the molecule is CC(C)c1cc(-c2ccccc2)cc(C(C)C)c1-n1c(-c2[c-]ccc3c2oc2cc4nc(-c5ccccc5)oc4cc23)nc2ccccc21.[Ir].[c-]1ccccc1-c1ccccn1. The molecule has 7 heteroatoms. The molecule has 0 aliphatic heterocycles. The van der Waals surface area contributed by atoms with Crippen LogP contribution in [0.1, 0.15) is 50.7 Å². The first kappa shape index (κ1) is 40.5. The van der Waals surface area contributed by atoms with Gasteiger partial charge >= 0.3 is 0 Å². The van der Waals surface area contributed by atoms with Crippen molar-refractivity contribution in [2.24, 2.45) is 0 Å². The molecule has 11 aromatic rings. The van der Waals surface area contributed by atoms with Gasteiger partial charge in [0.1, 0.15) is 11.1 Å². The summed E-state index contributed by atoms with van der Waals surface area (Å²) in [4.78, 5) is 14.3. The average Bonchev–Trinajstić information content (AvgIpc) is 4.02. The molecular formula is C55H42IrN4O2-2. The van der Waals surface area contributed by atoms with Gasteiger partial charge in [-0.3, -0.25) is 4.98 Å². The summed E-state index contributed by atoms with van der Waals surface area (Å²) in [6, 6.07) is 62.1. The number of imidazole rings is 1. The third-order valence-corrected chi connectivity index (χ3v) is 11.1. The summed E-state index contributed by atoms with van der Waals surface area (Å²) in [6.07, 6.45) is 1.79. The molecule has 0 N–H and O–H groups in total. The summed E-state index contributed by atoms with van der Waals surface area (Å²) in [6.45, 7) is 9.09. The predicted molar refractivity (Wildman–Crippen MR) is 248 cm³/mol. The summed E-state index contributed by atoms with van der Waals surface area (Å²) in [7, 11) is 0. The van der Waals surface area contributed by atoms with Crippen LogP contribution >= 0.6 is 0 Å². The molecule has 62 heavy (non-hydrogen) atoms. The van der Waals surface area contributed by atoms with Gasteiger partial charge in [0, 0.05) is 49.0 Å². The molecule has 0 amide bonds. The standard InChI is InChI=1S/C44H34N3O2.C11H8N.Ir/c1-26(2)33-22-30(28-14-7-5-8-15-28)23-34(27(3)4)41(33)47-38-21-12-11-20-36(38)45-43(47)32-19-13-18-31-35-24-40-37(25-39(35)48-42(31)32)46-44(49-40)29-16-9-6-10-17-29;1-2-6-10(7-3-1)11-8-4-5-9-12-11;/h5-18,20-27H,1-4H3;1-6,8-9H;/q2*-1;. The van der Waals surface area contributed by atoms with Crippen molar-refractivity contribution in [2.75, 3.05) is 0 Å². The van der Waals surface area contributed by atoms with E-state index in [2.05, 4.69) is 116 Å². The van der Waals surface area contributed by atoms with E-state index < -0.39 is 0 Å². The van der Waals surface area contributed by atoms with Gasteiger partial charge in [-0.25, -0.2) is 4.98 Å². The first-order valence-corrected chi connectivity index (χ1v) is 20.7. The molecule has 0 aliphatic rings. The first-order chi connectivity index (χ1) is 29.9. The molecule has 6 nitrogen and oxygen atoms in total. The Balaban J connectivity index is 0.000000325. The molecule has 7 aromatic carbocycles. The van der Waals surface area contributed by atoms with Gasteiger partial charge in [0.05, 0.1) is 22.4 Å². The number of furan rings is 1. The summed E-state index contributed by atoms with van der Waals surface area (Å²) in [5, 5.41) is 1.95. The minimum Gasteiger partial charge on any atom is -0.500 e. The van der Waals surface area contributed by atoms with Gasteiger partial charge in [-0.2, -0.15) is 0 Å². The van der Waals surface area contributed by atoms with E-state index in [1.54, 1.807) is 6.20 Å². The summed E-state index contributed by atoms with van der Waals surface area (Å²) in [5.74, 6) is 1.92. The first-order valence-electron chi connectivity index (χ1n) is 20.7. The van der Waals surface area contributed by atoms with Crippen LogP contribution in [0.5, 0.6) is 0 Å². The van der Waals surface area contributed by atoms with Gasteiger partial charge in [-0.05, 0) is 88.3 Å². The molecule has 4 aromatic heterocycles. The predicted octanol–water partition coefficient (Wildman–Crippen LogP) is 14.7. The van der Waals surface area contributed by atoms with Crippen molar-refractivity contribution >= 4 is 44.1 Å². The van der Waals surface area contributed by atoms with Crippen LogP contribution in [0, 0.1) is 12.1 Å². The van der Waals surface area contributed by atoms with Crippen molar-refractivity contribution in [3.8, 4) is 50.9 Å². The van der Waals surface area contributed by atoms with Gasteiger partial charge in [0.25, 0.3) is 0 Å². The Morgan fingerprint density at radius 3 is 1.94 bits per heavy atom. The summed E-state index contributed by atoms with van der Waals surface area (Å²) < 4.78 is 15.3. The quantitative estimate of drug-likeness (QED) is 0.149. The van der Waals surface area contributed by atoms with E-state index in [-0.39, 0.29) is 31.9 Å². The minimum atomic E-state index is 0. The molecule has 1 radical (unpaired) electrons. The largest absolute Gasteiger partial charge is 0.500 e. The van der Waals surface area contributed by atoms with Gasteiger partial charge in [0.15, 0.2) is 5.58 Å². The maximum Gasteiger partial charge on any atom is 0.227 e. The molecule has 0 spiro atoms. The molecule has 0 aliphatic carbocycles. The van der Waals surface area contributed by atoms with Crippen molar-refractivity contribution in [1.29, 1.82) is 0 Å².